The molecule has 1 aromatic carbocycles. The van der Waals surface area contributed by atoms with Crippen LogP contribution >= 0.6 is 0 Å². The molecule has 1 saturated carbocycles. The molecule has 2 amide bonds. The normalized spacial score (nSPS) is 22.1. The quantitative estimate of drug-likeness (QED) is 0.448. The maximum absolute atomic E-state index is 13.9. The number of aromatic nitrogens is 3. The zero-order valence-electron chi connectivity index (χ0n) is 22.9. The van der Waals surface area contributed by atoms with Gasteiger partial charge in [0.1, 0.15) is 29.7 Å². The fourth-order valence-corrected chi connectivity index (χ4v) is 5.07. The molecule has 1 saturated heterocycles. The Hall–Kier alpha value is -3.18. The van der Waals surface area contributed by atoms with Crippen molar-refractivity contribution in [2.24, 2.45) is 5.41 Å². The second-order valence-electron chi connectivity index (χ2n) is 11.4. The average molecular weight is 530 g/mol. The minimum absolute atomic E-state index is 0.0360. The lowest BCUT2D eigenvalue weighted by atomic mass is 9.85. The largest absolute Gasteiger partial charge is 0.497 e. The van der Waals surface area contributed by atoms with Crippen molar-refractivity contribution >= 4 is 11.8 Å². The first kappa shape index (κ1) is 27.8. The summed E-state index contributed by atoms with van der Waals surface area (Å²) in [5.74, 6) is 0.638. The van der Waals surface area contributed by atoms with Gasteiger partial charge in [-0.1, -0.05) is 26.0 Å². The number of ether oxygens (including phenoxy) is 2. The lowest BCUT2D eigenvalue weighted by molar-refractivity contribution is -0.144. The number of benzene rings is 1. The summed E-state index contributed by atoms with van der Waals surface area (Å²) in [5.41, 5.74) is 0.815. The second kappa shape index (κ2) is 10.9. The summed E-state index contributed by atoms with van der Waals surface area (Å²) in [6.45, 7) is 7.53. The van der Waals surface area contributed by atoms with E-state index in [1.165, 1.54) is 19.1 Å². The van der Waals surface area contributed by atoms with E-state index in [4.69, 9.17) is 9.47 Å². The van der Waals surface area contributed by atoms with Crippen LogP contribution in [-0.2, 0) is 9.59 Å². The summed E-state index contributed by atoms with van der Waals surface area (Å²) in [6, 6.07) is 2.75. The predicted molar refractivity (Wildman–Crippen MR) is 139 cm³/mol. The SMILES string of the molecule is COc1ccc(OC)c(C(O)C(C)NC(=O)[C@H]2C[C@H](O)CN2C(=O)[C@H](n2cc(C3CC3)nn2)C(C)(C)C)c1. The van der Waals surface area contributed by atoms with Gasteiger partial charge in [0.15, 0.2) is 0 Å². The number of hydrogen-bond acceptors (Lipinski definition) is 8. The van der Waals surface area contributed by atoms with E-state index in [0.717, 1.165) is 18.5 Å². The van der Waals surface area contributed by atoms with E-state index in [1.807, 2.05) is 27.0 Å². The third kappa shape index (κ3) is 5.78. The Morgan fingerprint density at radius 3 is 2.50 bits per heavy atom. The molecule has 11 heteroatoms. The highest BCUT2D eigenvalue weighted by Gasteiger charge is 2.46. The number of β-amino-alcohol motifs (C(OH)–C–C–N with tert-alkyl or cyclic N) is 1. The van der Waals surface area contributed by atoms with Crippen LogP contribution in [0.3, 0.4) is 0 Å². The van der Waals surface area contributed by atoms with Gasteiger partial charge in [-0.15, -0.1) is 5.10 Å². The van der Waals surface area contributed by atoms with E-state index in [0.29, 0.717) is 23.0 Å². The van der Waals surface area contributed by atoms with E-state index < -0.39 is 41.7 Å². The number of aliphatic hydroxyl groups is 2. The number of hydrogen-bond donors (Lipinski definition) is 3. The van der Waals surface area contributed by atoms with Crippen LogP contribution in [0.25, 0.3) is 0 Å². The summed E-state index contributed by atoms with van der Waals surface area (Å²) in [7, 11) is 3.02. The number of carbonyl (C=O) groups is 2. The molecule has 1 aromatic heterocycles. The Labute approximate surface area is 223 Å². The van der Waals surface area contributed by atoms with Crippen LogP contribution in [-0.4, -0.2) is 80.9 Å². The molecule has 208 valence electrons. The fourth-order valence-electron chi connectivity index (χ4n) is 5.07. The highest BCUT2D eigenvalue weighted by atomic mass is 16.5. The molecule has 1 aliphatic heterocycles. The minimum Gasteiger partial charge on any atom is -0.497 e. The maximum Gasteiger partial charge on any atom is 0.248 e. The zero-order valence-corrected chi connectivity index (χ0v) is 22.9. The van der Waals surface area contributed by atoms with Gasteiger partial charge in [-0.25, -0.2) is 4.68 Å². The molecule has 2 unspecified atom stereocenters. The number of carbonyl (C=O) groups excluding carboxylic acids is 2. The van der Waals surface area contributed by atoms with E-state index in [2.05, 4.69) is 15.6 Å². The van der Waals surface area contributed by atoms with Crippen LogP contribution in [0.15, 0.2) is 24.4 Å². The monoisotopic (exact) mass is 529 g/mol. The standard InChI is InChI=1S/C27H39N5O6/c1-15(23(34)19-12-18(37-5)9-10-22(19)38-6)28-25(35)21-11-17(33)13-31(21)26(36)24(27(2,3)4)32-14-20(29-30-32)16-7-8-16/h9-10,12,14-17,21,23-24,33-34H,7-8,11,13H2,1-6H3,(H,28,35)/t15?,17-,21+,23?,24-/m0/s1. The summed E-state index contributed by atoms with van der Waals surface area (Å²) in [5, 5.41) is 32.9. The molecule has 2 aliphatic rings. The number of rotatable bonds is 9. The van der Waals surface area contributed by atoms with E-state index in [1.54, 1.807) is 29.8 Å². The molecule has 2 heterocycles. The molecule has 11 nitrogen and oxygen atoms in total. The Kier molecular flexibility index (Phi) is 7.98. The first-order valence-electron chi connectivity index (χ1n) is 13.0. The van der Waals surface area contributed by atoms with Gasteiger partial charge in [-0.2, -0.15) is 0 Å². The van der Waals surface area contributed by atoms with Crippen LogP contribution in [0.5, 0.6) is 11.5 Å². The Morgan fingerprint density at radius 2 is 1.89 bits per heavy atom. The van der Waals surface area contributed by atoms with E-state index in [-0.39, 0.29) is 18.9 Å². The third-order valence-corrected chi connectivity index (χ3v) is 7.31. The molecule has 2 fully saturated rings. The van der Waals surface area contributed by atoms with Crippen molar-refractivity contribution < 1.29 is 29.3 Å². The molecule has 0 radical (unpaired) electrons. The second-order valence-corrected chi connectivity index (χ2v) is 11.4. The maximum atomic E-state index is 13.9. The molecular formula is C27H39N5O6. The van der Waals surface area contributed by atoms with Crippen molar-refractivity contribution in [3.05, 3.63) is 35.7 Å². The van der Waals surface area contributed by atoms with Crippen LogP contribution in [0.1, 0.15) is 76.3 Å². The molecule has 0 spiro atoms. The smallest absolute Gasteiger partial charge is 0.248 e. The lowest BCUT2D eigenvalue weighted by Crippen LogP contribution is -2.52. The number of aliphatic hydroxyl groups excluding tert-OH is 2. The van der Waals surface area contributed by atoms with Gasteiger partial charge in [0, 0.05) is 30.6 Å². The number of likely N-dealkylation sites (tertiary alicyclic amines) is 1. The highest BCUT2D eigenvalue weighted by molar-refractivity contribution is 5.90. The summed E-state index contributed by atoms with van der Waals surface area (Å²) >= 11 is 0. The van der Waals surface area contributed by atoms with Gasteiger partial charge in [0.05, 0.1) is 32.1 Å². The number of nitrogens with zero attached hydrogens (tertiary/aromatic N) is 4. The molecular weight excluding hydrogens is 490 g/mol. The topological polar surface area (TPSA) is 139 Å². The average Bonchev–Trinajstić information content (AvgIpc) is 3.48. The van der Waals surface area contributed by atoms with E-state index >= 15 is 0 Å². The van der Waals surface area contributed by atoms with Gasteiger partial charge in [-0.3, -0.25) is 9.59 Å². The van der Waals surface area contributed by atoms with Gasteiger partial charge in [0.25, 0.3) is 0 Å². The Balaban J connectivity index is 1.52. The van der Waals surface area contributed by atoms with E-state index in [9.17, 15) is 19.8 Å². The molecule has 0 bridgehead atoms. The Bertz CT molecular complexity index is 1160. The molecule has 38 heavy (non-hydrogen) atoms. The van der Waals surface area contributed by atoms with Crippen molar-refractivity contribution in [1.82, 2.24) is 25.2 Å². The summed E-state index contributed by atoms with van der Waals surface area (Å²) in [6.07, 6.45) is 2.12. The van der Waals surface area contributed by atoms with Crippen molar-refractivity contribution in [1.29, 1.82) is 0 Å². The third-order valence-electron chi connectivity index (χ3n) is 7.31. The van der Waals surface area contributed by atoms with Gasteiger partial charge in [0.2, 0.25) is 11.8 Å². The number of methoxy groups -OCH3 is 2. The van der Waals surface area contributed by atoms with Crippen molar-refractivity contribution in [3.8, 4) is 11.5 Å². The van der Waals surface area contributed by atoms with Crippen LogP contribution in [0.2, 0.25) is 0 Å². The van der Waals surface area contributed by atoms with Gasteiger partial charge >= 0.3 is 0 Å². The first-order valence-corrected chi connectivity index (χ1v) is 13.0. The summed E-state index contributed by atoms with van der Waals surface area (Å²) in [4.78, 5) is 28.8. The van der Waals surface area contributed by atoms with Crippen LogP contribution < -0.4 is 14.8 Å². The van der Waals surface area contributed by atoms with Crippen molar-refractivity contribution in [2.45, 2.75) is 83.2 Å². The van der Waals surface area contributed by atoms with Crippen molar-refractivity contribution in [2.75, 3.05) is 20.8 Å². The number of nitrogens with one attached hydrogen (secondary N) is 1. The molecule has 1 aliphatic carbocycles. The number of amides is 2. The first-order chi connectivity index (χ1) is 17.9. The highest BCUT2D eigenvalue weighted by Crippen LogP contribution is 2.40. The predicted octanol–water partition coefficient (Wildman–Crippen LogP) is 1.96. The lowest BCUT2D eigenvalue weighted by Gasteiger charge is -2.35. The minimum atomic E-state index is -1.10. The molecule has 5 atom stereocenters. The fraction of sp³-hybridized carbons (Fsp3) is 0.630. The van der Waals surface area contributed by atoms with Gasteiger partial charge in [-0.05, 0) is 43.4 Å². The molecule has 3 N–H and O–H groups in total. The zero-order chi connectivity index (χ0) is 27.8. The molecule has 4 rings (SSSR count). The van der Waals surface area contributed by atoms with Crippen LogP contribution in [0, 0.1) is 5.41 Å². The molecule has 2 aromatic rings. The van der Waals surface area contributed by atoms with Crippen LogP contribution in [0.4, 0.5) is 0 Å². The summed E-state index contributed by atoms with van der Waals surface area (Å²) < 4.78 is 12.2. The Morgan fingerprint density at radius 1 is 1.18 bits per heavy atom. The van der Waals surface area contributed by atoms with Gasteiger partial charge < -0.3 is 29.9 Å². The van der Waals surface area contributed by atoms with Crippen molar-refractivity contribution in [3.63, 3.8) is 0 Å².